The van der Waals surface area contributed by atoms with E-state index in [1.807, 2.05) is 60.7 Å². The molecule has 3 aromatic carbocycles. The van der Waals surface area contributed by atoms with Crippen LogP contribution in [0.25, 0.3) is 10.8 Å². The van der Waals surface area contributed by atoms with Crippen molar-refractivity contribution in [3.8, 4) is 5.75 Å². The van der Waals surface area contributed by atoms with Crippen LogP contribution in [-0.2, 0) is 27.5 Å². The standard InChI is InChI=1S/C23H21NO5/c1-29-21-9-5-4-8-19(21)15-24(22(26)13-20(25)23(27)28)14-16-10-11-17-6-2-3-7-18(17)12-16/h2-12H,13-15H2,1H3,(H,27,28). The molecule has 0 unspecified atom stereocenters. The summed E-state index contributed by atoms with van der Waals surface area (Å²) in [6.07, 6.45) is -0.682. The molecule has 0 saturated carbocycles. The zero-order valence-corrected chi connectivity index (χ0v) is 16.0. The van der Waals surface area contributed by atoms with Gasteiger partial charge in [-0.25, -0.2) is 4.79 Å². The van der Waals surface area contributed by atoms with Gasteiger partial charge in [0.1, 0.15) is 5.75 Å². The Labute approximate surface area is 168 Å². The number of nitrogens with zero attached hydrogens (tertiary/aromatic N) is 1. The van der Waals surface area contributed by atoms with E-state index in [4.69, 9.17) is 9.84 Å². The van der Waals surface area contributed by atoms with Crippen LogP contribution in [0, 0.1) is 0 Å². The first-order valence-corrected chi connectivity index (χ1v) is 9.11. The van der Waals surface area contributed by atoms with E-state index in [0.29, 0.717) is 5.75 Å². The molecule has 1 N–H and O–H groups in total. The highest BCUT2D eigenvalue weighted by atomic mass is 16.5. The molecule has 0 bridgehead atoms. The van der Waals surface area contributed by atoms with Gasteiger partial charge in [0.25, 0.3) is 0 Å². The van der Waals surface area contributed by atoms with E-state index in [1.165, 1.54) is 4.90 Å². The quantitative estimate of drug-likeness (QED) is 0.470. The Morgan fingerprint density at radius 1 is 0.897 bits per heavy atom. The number of amides is 1. The summed E-state index contributed by atoms with van der Waals surface area (Å²) in [5.41, 5.74) is 1.65. The number of fused-ring (bicyclic) bond motifs is 1. The number of carbonyl (C=O) groups excluding carboxylic acids is 2. The van der Waals surface area contributed by atoms with Gasteiger partial charge in [0.05, 0.1) is 13.5 Å². The SMILES string of the molecule is COc1ccccc1CN(Cc1ccc2ccccc2c1)C(=O)CC(=O)C(=O)O. The molecule has 1 amide bonds. The van der Waals surface area contributed by atoms with Crippen LogP contribution in [0.5, 0.6) is 5.75 Å². The van der Waals surface area contributed by atoms with Crippen LogP contribution >= 0.6 is 0 Å². The second kappa shape index (κ2) is 9.01. The van der Waals surface area contributed by atoms with Gasteiger partial charge in [-0.2, -0.15) is 0 Å². The number of ether oxygens (including phenoxy) is 1. The fourth-order valence-corrected chi connectivity index (χ4v) is 3.15. The first-order chi connectivity index (χ1) is 14.0. The Bertz CT molecular complexity index is 1060. The number of ketones is 1. The van der Waals surface area contributed by atoms with Crippen molar-refractivity contribution in [1.29, 1.82) is 0 Å². The zero-order valence-electron chi connectivity index (χ0n) is 16.0. The highest BCUT2D eigenvalue weighted by Gasteiger charge is 2.23. The average molecular weight is 391 g/mol. The van der Waals surface area contributed by atoms with Gasteiger partial charge in [-0.15, -0.1) is 0 Å². The second-order valence-corrected chi connectivity index (χ2v) is 6.65. The minimum Gasteiger partial charge on any atom is -0.496 e. The molecule has 0 aliphatic heterocycles. The second-order valence-electron chi connectivity index (χ2n) is 6.65. The number of rotatable bonds is 8. The number of carboxylic acid groups (broad SMARTS) is 1. The topological polar surface area (TPSA) is 83.9 Å². The van der Waals surface area contributed by atoms with Gasteiger partial charge in [-0.3, -0.25) is 9.59 Å². The Kier molecular flexibility index (Phi) is 6.24. The number of benzene rings is 3. The van der Waals surface area contributed by atoms with Gasteiger partial charge in [0, 0.05) is 18.7 Å². The average Bonchev–Trinajstić information content (AvgIpc) is 2.73. The van der Waals surface area contributed by atoms with Crippen molar-refractivity contribution in [1.82, 2.24) is 4.90 Å². The Morgan fingerprint density at radius 3 is 2.31 bits per heavy atom. The summed E-state index contributed by atoms with van der Waals surface area (Å²) in [6, 6.07) is 21.0. The van der Waals surface area contributed by atoms with E-state index in [-0.39, 0.29) is 13.1 Å². The molecule has 3 rings (SSSR count). The third-order valence-electron chi connectivity index (χ3n) is 4.64. The van der Waals surface area contributed by atoms with E-state index in [2.05, 4.69) is 0 Å². The third kappa shape index (κ3) is 4.99. The van der Waals surface area contributed by atoms with Gasteiger partial charge in [-0.1, -0.05) is 54.6 Å². The maximum absolute atomic E-state index is 12.7. The molecular weight excluding hydrogens is 370 g/mol. The summed E-state index contributed by atoms with van der Waals surface area (Å²) in [5, 5.41) is 11.0. The van der Waals surface area contributed by atoms with Crippen LogP contribution < -0.4 is 4.74 Å². The molecule has 0 heterocycles. The smallest absolute Gasteiger partial charge is 0.372 e. The summed E-state index contributed by atoms with van der Waals surface area (Å²) in [6.45, 7) is 0.442. The fraction of sp³-hybridized carbons (Fsp3) is 0.174. The Hall–Kier alpha value is -3.67. The lowest BCUT2D eigenvalue weighted by Crippen LogP contribution is -2.33. The maximum atomic E-state index is 12.7. The first-order valence-electron chi connectivity index (χ1n) is 9.11. The van der Waals surface area contributed by atoms with E-state index in [1.54, 1.807) is 13.2 Å². The molecule has 0 spiro atoms. The molecule has 0 saturated heterocycles. The molecule has 3 aromatic rings. The van der Waals surface area contributed by atoms with Crippen molar-refractivity contribution < 1.29 is 24.2 Å². The minimum atomic E-state index is -1.61. The molecule has 0 radical (unpaired) electrons. The Balaban J connectivity index is 1.89. The number of carboxylic acids is 1. The zero-order chi connectivity index (χ0) is 20.8. The van der Waals surface area contributed by atoms with Crippen molar-refractivity contribution in [2.24, 2.45) is 0 Å². The van der Waals surface area contributed by atoms with E-state index >= 15 is 0 Å². The fourth-order valence-electron chi connectivity index (χ4n) is 3.15. The van der Waals surface area contributed by atoms with Crippen molar-refractivity contribution in [2.45, 2.75) is 19.5 Å². The number of aliphatic carboxylic acids is 1. The molecule has 6 nitrogen and oxygen atoms in total. The van der Waals surface area contributed by atoms with Crippen LogP contribution in [0.4, 0.5) is 0 Å². The number of para-hydroxylation sites is 1. The molecule has 0 aliphatic carbocycles. The summed E-state index contributed by atoms with van der Waals surface area (Å²) in [5.74, 6) is -2.66. The lowest BCUT2D eigenvalue weighted by molar-refractivity contribution is -0.151. The number of hydrogen-bond acceptors (Lipinski definition) is 4. The summed E-state index contributed by atoms with van der Waals surface area (Å²) in [7, 11) is 1.54. The molecule has 0 atom stereocenters. The number of carbonyl (C=O) groups is 3. The number of methoxy groups -OCH3 is 1. The lowest BCUT2D eigenvalue weighted by atomic mass is 10.1. The van der Waals surface area contributed by atoms with Gasteiger partial charge in [0.15, 0.2) is 0 Å². The van der Waals surface area contributed by atoms with E-state index < -0.39 is 24.1 Å². The summed E-state index contributed by atoms with van der Waals surface area (Å²) >= 11 is 0. The van der Waals surface area contributed by atoms with Crippen molar-refractivity contribution in [3.05, 3.63) is 77.9 Å². The van der Waals surface area contributed by atoms with Gasteiger partial charge < -0.3 is 14.7 Å². The monoisotopic (exact) mass is 391 g/mol. The molecule has 0 fully saturated rings. The largest absolute Gasteiger partial charge is 0.496 e. The van der Waals surface area contributed by atoms with Crippen molar-refractivity contribution in [2.75, 3.05) is 7.11 Å². The van der Waals surface area contributed by atoms with E-state index in [9.17, 15) is 14.4 Å². The minimum absolute atomic E-state index is 0.197. The third-order valence-corrected chi connectivity index (χ3v) is 4.64. The first kappa shape index (κ1) is 20.1. The highest BCUT2D eigenvalue weighted by molar-refractivity contribution is 6.36. The maximum Gasteiger partial charge on any atom is 0.372 e. The van der Waals surface area contributed by atoms with Crippen LogP contribution in [0.2, 0.25) is 0 Å². The Morgan fingerprint density at radius 2 is 1.59 bits per heavy atom. The summed E-state index contributed by atoms with van der Waals surface area (Å²) < 4.78 is 5.35. The van der Waals surface area contributed by atoms with Crippen LogP contribution in [0.15, 0.2) is 66.7 Å². The van der Waals surface area contributed by atoms with Crippen LogP contribution in [-0.4, -0.2) is 34.8 Å². The normalized spacial score (nSPS) is 10.5. The number of Topliss-reactive ketones (excluding diaryl/α,β-unsaturated/α-hetero) is 1. The van der Waals surface area contributed by atoms with E-state index in [0.717, 1.165) is 21.9 Å². The number of hydrogen-bond donors (Lipinski definition) is 1. The lowest BCUT2D eigenvalue weighted by Gasteiger charge is -2.24. The molecule has 29 heavy (non-hydrogen) atoms. The van der Waals surface area contributed by atoms with Crippen LogP contribution in [0.3, 0.4) is 0 Å². The molecule has 6 heteroatoms. The van der Waals surface area contributed by atoms with Gasteiger partial charge in [-0.05, 0) is 28.5 Å². The molecular formula is C23H21NO5. The molecule has 0 aliphatic rings. The predicted molar refractivity (Wildman–Crippen MR) is 108 cm³/mol. The summed E-state index contributed by atoms with van der Waals surface area (Å²) in [4.78, 5) is 36.7. The highest BCUT2D eigenvalue weighted by Crippen LogP contribution is 2.22. The van der Waals surface area contributed by atoms with Gasteiger partial charge in [0.2, 0.25) is 11.7 Å². The van der Waals surface area contributed by atoms with Crippen LogP contribution in [0.1, 0.15) is 17.5 Å². The van der Waals surface area contributed by atoms with Gasteiger partial charge >= 0.3 is 5.97 Å². The predicted octanol–water partition coefficient (Wildman–Crippen LogP) is 3.42. The van der Waals surface area contributed by atoms with Crippen molar-refractivity contribution >= 4 is 28.4 Å². The molecule has 0 aromatic heterocycles. The molecule has 148 valence electrons. The van der Waals surface area contributed by atoms with Crippen molar-refractivity contribution in [3.63, 3.8) is 0 Å².